The molecule has 3 nitrogen and oxygen atoms in total. The van der Waals surface area contributed by atoms with Gasteiger partial charge in [-0.15, -0.1) is 0 Å². The molecular weight excluding hydrogens is 272 g/mol. The fourth-order valence-corrected chi connectivity index (χ4v) is 2.01. The van der Waals surface area contributed by atoms with Gasteiger partial charge in [-0.2, -0.15) is 0 Å². The Hall–Kier alpha value is -1.26. The molecule has 0 radical (unpaired) electrons. The van der Waals surface area contributed by atoms with E-state index < -0.39 is 5.97 Å². The number of halogens is 1. The van der Waals surface area contributed by atoms with Gasteiger partial charge in [0.1, 0.15) is 0 Å². The van der Waals surface area contributed by atoms with Gasteiger partial charge in [-0.05, 0) is 30.2 Å². The summed E-state index contributed by atoms with van der Waals surface area (Å²) in [6, 6.07) is 4.56. The van der Waals surface area contributed by atoms with E-state index in [-0.39, 0.29) is 10.7 Å². The maximum Gasteiger partial charge on any atom is 0.335 e. The molecule has 0 spiro atoms. The van der Waals surface area contributed by atoms with Crippen LogP contribution in [0.15, 0.2) is 24.3 Å². The molecule has 1 aromatic rings. The molecule has 18 heavy (non-hydrogen) atoms. The topological polar surface area (TPSA) is 54.4 Å². The van der Waals surface area contributed by atoms with E-state index >= 15 is 0 Å². The van der Waals surface area contributed by atoms with Gasteiger partial charge < -0.3 is 5.11 Å². The van der Waals surface area contributed by atoms with E-state index in [0.29, 0.717) is 16.3 Å². The lowest BCUT2D eigenvalue weighted by Gasteiger charge is -2.00. The van der Waals surface area contributed by atoms with Crippen LogP contribution >= 0.6 is 23.4 Å². The number of aromatic carboxylic acids is 1. The molecule has 1 aromatic carbocycles. The SMILES string of the molecule is CC(=O)SCCC=Cc1cc(C(=O)O)ccc1Cl. The van der Waals surface area contributed by atoms with Gasteiger partial charge in [0.15, 0.2) is 5.12 Å². The number of allylic oxidation sites excluding steroid dienone is 1. The highest BCUT2D eigenvalue weighted by molar-refractivity contribution is 8.13. The molecule has 0 bridgehead atoms. The number of hydrogen-bond donors (Lipinski definition) is 1. The van der Waals surface area contributed by atoms with Crippen LogP contribution in [-0.2, 0) is 4.79 Å². The van der Waals surface area contributed by atoms with Gasteiger partial charge in [0.25, 0.3) is 0 Å². The Labute approximate surface area is 115 Å². The van der Waals surface area contributed by atoms with Crippen LogP contribution in [-0.4, -0.2) is 21.9 Å². The molecule has 0 heterocycles. The highest BCUT2D eigenvalue weighted by Gasteiger charge is 2.04. The summed E-state index contributed by atoms with van der Waals surface area (Å²) in [5.74, 6) is -0.268. The second-order valence-electron chi connectivity index (χ2n) is 3.57. The predicted octanol–water partition coefficient (Wildman–Crippen LogP) is 3.72. The number of carbonyl (C=O) groups is 2. The van der Waals surface area contributed by atoms with Gasteiger partial charge in [0.05, 0.1) is 5.56 Å². The van der Waals surface area contributed by atoms with Crippen LogP contribution < -0.4 is 0 Å². The molecule has 1 N–H and O–H groups in total. The van der Waals surface area contributed by atoms with E-state index in [1.54, 1.807) is 12.1 Å². The van der Waals surface area contributed by atoms with E-state index in [1.807, 2.05) is 6.08 Å². The second-order valence-corrected chi connectivity index (χ2v) is 5.25. The van der Waals surface area contributed by atoms with Crippen molar-refractivity contribution in [3.8, 4) is 0 Å². The number of carbonyl (C=O) groups excluding carboxylic acids is 1. The summed E-state index contributed by atoms with van der Waals surface area (Å²) < 4.78 is 0. The Morgan fingerprint density at radius 2 is 2.17 bits per heavy atom. The molecule has 96 valence electrons. The first-order valence-electron chi connectivity index (χ1n) is 5.33. The van der Waals surface area contributed by atoms with E-state index in [1.165, 1.54) is 30.8 Å². The summed E-state index contributed by atoms with van der Waals surface area (Å²) in [7, 11) is 0. The molecule has 0 amide bonds. The third-order valence-corrected chi connectivity index (χ3v) is 3.32. The zero-order valence-corrected chi connectivity index (χ0v) is 11.4. The van der Waals surface area contributed by atoms with E-state index in [4.69, 9.17) is 16.7 Å². The Bertz CT molecular complexity index is 483. The summed E-state index contributed by atoms with van der Waals surface area (Å²) in [4.78, 5) is 21.5. The second kappa shape index (κ2) is 7.24. The summed E-state index contributed by atoms with van der Waals surface area (Å²) in [6.45, 7) is 1.53. The molecule has 0 fully saturated rings. The first kappa shape index (κ1) is 14.8. The minimum atomic E-state index is -0.978. The maximum atomic E-state index is 10.8. The Balaban J connectivity index is 2.65. The maximum absolute atomic E-state index is 10.8. The zero-order valence-electron chi connectivity index (χ0n) is 9.85. The average molecular weight is 285 g/mol. The number of rotatable bonds is 5. The number of thioether (sulfide) groups is 1. The monoisotopic (exact) mass is 284 g/mol. The van der Waals surface area contributed by atoms with Crippen LogP contribution in [0.25, 0.3) is 6.08 Å². The number of carboxylic acid groups (broad SMARTS) is 1. The lowest BCUT2D eigenvalue weighted by Crippen LogP contribution is -1.96. The van der Waals surface area contributed by atoms with Crippen molar-refractivity contribution in [3.05, 3.63) is 40.4 Å². The van der Waals surface area contributed by atoms with Gasteiger partial charge in [0, 0.05) is 17.7 Å². The van der Waals surface area contributed by atoms with Gasteiger partial charge in [-0.1, -0.05) is 35.5 Å². The molecule has 0 aliphatic rings. The van der Waals surface area contributed by atoms with E-state index in [2.05, 4.69) is 0 Å². The van der Waals surface area contributed by atoms with Crippen LogP contribution in [0.4, 0.5) is 0 Å². The van der Waals surface area contributed by atoms with Crippen molar-refractivity contribution in [2.45, 2.75) is 13.3 Å². The molecule has 0 unspecified atom stereocenters. The van der Waals surface area contributed by atoms with Crippen molar-refractivity contribution in [1.82, 2.24) is 0 Å². The smallest absolute Gasteiger partial charge is 0.335 e. The van der Waals surface area contributed by atoms with Crippen molar-refractivity contribution in [2.24, 2.45) is 0 Å². The third-order valence-electron chi connectivity index (χ3n) is 2.13. The van der Waals surface area contributed by atoms with Crippen molar-refractivity contribution in [1.29, 1.82) is 0 Å². The quantitative estimate of drug-likeness (QED) is 0.837. The van der Waals surface area contributed by atoms with Crippen LogP contribution in [0.3, 0.4) is 0 Å². The highest BCUT2D eigenvalue weighted by atomic mass is 35.5. The fourth-order valence-electron chi connectivity index (χ4n) is 1.29. The highest BCUT2D eigenvalue weighted by Crippen LogP contribution is 2.19. The fraction of sp³-hybridized carbons (Fsp3) is 0.231. The average Bonchev–Trinajstić information content (AvgIpc) is 2.30. The standard InChI is InChI=1S/C13H13ClO3S/c1-9(15)18-7-3-2-4-10-8-11(13(16)17)5-6-12(10)14/h2,4-6,8H,3,7H2,1H3,(H,16,17). The summed E-state index contributed by atoms with van der Waals surface area (Å²) in [5.41, 5.74) is 0.876. The molecule has 0 aromatic heterocycles. The molecular formula is C13H13ClO3S. The summed E-state index contributed by atoms with van der Waals surface area (Å²) >= 11 is 7.22. The Morgan fingerprint density at radius 3 is 2.78 bits per heavy atom. The Kier molecular flexibility index (Phi) is 5.95. The van der Waals surface area contributed by atoms with Gasteiger partial charge >= 0.3 is 5.97 Å². The first-order chi connectivity index (χ1) is 8.50. The third kappa shape index (κ3) is 4.94. The predicted molar refractivity (Wildman–Crippen MR) is 75.2 cm³/mol. The van der Waals surface area contributed by atoms with Gasteiger partial charge in [0.2, 0.25) is 0 Å². The van der Waals surface area contributed by atoms with E-state index in [0.717, 1.165) is 6.42 Å². The molecule has 0 atom stereocenters. The Morgan fingerprint density at radius 1 is 1.44 bits per heavy atom. The molecule has 0 aliphatic heterocycles. The lowest BCUT2D eigenvalue weighted by molar-refractivity contribution is -0.109. The number of benzene rings is 1. The lowest BCUT2D eigenvalue weighted by atomic mass is 10.1. The molecule has 0 saturated heterocycles. The van der Waals surface area contributed by atoms with Crippen molar-refractivity contribution in [2.75, 3.05) is 5.75 Å². The minimum Gasteiger partial charge on any atom is -0.478 e. The van der Waals surface area contributed by atoms with Crippen molar-refractivity contribution < 1.29 is 14.7 Å². The summed E-state index contributed by atoms with van der Waals surface area (Å²) in [6.07, 6.45) is 4.39. The first-order valence-corrected chi connectivity index (χ1v) is 6.70. The van der Waals surface area contributed by atoms with Crippen LogP contribution in [0.5, 0.6) is 0 Å². The van der Waals surface area contributed by atoms with Crippen LogP contribution in [0.1, 0.15) is 29.3 Å². The summed E-state index contributed by atoms with van der Waals surface area (Å²) in [5, 5.41) is 9.46. The van der Waals surface area contributed by atoms with Gasteiger partial charge in [-0.25, -0.2) is 4.79 Å². The van der Waals surface area contributed by atoms with Crippen LogP contribution in [0.2, 0.25) is 5.02 Å². The van der Waals surface area contributed by atoms with Crippen molar-refractivity contribution in [3.63, 3.8) is 0 Å². The molecule has 0 saturated carbocycles. The minimum absolute atomic E-state index is 0.0920. The molecule has 5 heteroatoms. The van der Waals surface area contributed by atoms with Crippen LogP contribution in [0, 0.1) is 0 Å². The van der Waals surface area contributed by atoms with Crippen molar-refractivity contribution >= 4 is 40.5 Å². The molecule has 1 rings (SSSR count). The molecule has 0 aliphatic carbocycles. The van der Waals surface area contributed by atoms with Gasteiger partial charge in [-0.3, -0.25) is 4.79 Å². The number of hydrogen-bond acceptors (Lipinski definition) is 3. The zero-order chi connectivity index (χ0) is 13.5. The largest absolute Gasteiger partial charge is 0.478 e. The number of carboxylic acids is 1. The van der Waals surface area contributed by atoms with E-state index in [9.17, 15) is 9.59 Å². The normalized spacial score (nSPS) is 10.8.